The van der Waals surface area contributed by atoms with Gasteiger partial charge >= 0.3 is 0 Å². The average Bonchev–Trinajstić information content (AvgIpc) is 1.80. The van der Waals surface area contributed by atoms with Gasteiger partial charge in [0.05, 0.1) is 5.02 Å². The Bertz CT molecular complexity index is 220. The highest BCUT2D eigenvalue weighted by molar-refractivity contribution is 6.31. The van der Waals surface area contributed by atoms with Crippen LogP contribution in [-0.2, 0) is 0 Å². The summed E-state index contributed by atoms with van der Waals surface area (Å²) >= 11 is 5.52. The highest BCUT2D eigenvalue weighted by Gasteiger charge is 1.95. The molecule has 0 aliphatic rings. The first kappa shape index (κ1) is 6.56. The fraction of sp³-hybridized carbons (Fsp3) is 0.143. The van der Waals surface area contributed by atoms with Crippen LogP contribution in [0.1, 0.15) is 5.56 Å². The van der Waals surface area contributed by atoms with Crippen molar-refractivity contribution < 1.29 is 4.39 Å². The van der Waals surface area contributed by atoms with Gasteiger partial charge in [0.25, 0.3) is 0 Å². The number of halogens is 2. The lowest BCUT2D eigenvalue weighted by atomic mass is 10.2. The van der Waals surface area contributed by atoms with Gasteiger partial charge in [0.15, 0.2) is 0 Å². The second-order valence-electron chi connectivity index (χ2n) is 1.80. The Morgan fingerprint density at radius 1 is 1.56 bits per heavy atom. The molecule has 1 rings (SSSR count). The first-order valence-electron chi connectivity index (χ1n) is 2.54. The molecule has 0 nitrogen and oxygen atoms in total. The molecule has 0 saturated carbocycles. The SMILES string of the molecule is Cc1ccc(F)[c]c1Cl. The molecule has 0 fully saturated rings. The van der Waals surface area contributed by atoms with Crippen LogP contribution in [-0.4, -0.2) is 0 Å². The topological polar surface area (TPSA) is 0 Å². The Morgan fingerprint density at radius 3 is 2.67 bits per heavy atom. The van der Waals surface area contributed by atoms with E-state index in [0.717, 1.165) is 5.56 Å². The maximum Gasteiger partial charge on any atom is 0.132 e. The normalized spacial score (nSPS) is 9.67. The summed E-state index contributed by atoms with van der Waals surface area (Å²) in [6.07, 6.45) is 0. The van der Waals surface area contributed by atoms with Crippen molar-refractivity contribution >= 4 is 11.6 Å². The molecule has 0 unspecified atom stereocenters. The molecule has 0 aliphatic heterocycles. The van der Waals surface area contributed by atoms with E-state index in [-0.39, 0.29) is 0 Å². The molecule has 1 aromatic carbocycles. The zero-order chi connectivity index (χ0) is 6.85. The van der Waals surface area contributed by atoms with Gasteiger partial charge in [-0.05, 0) is 18.6 Å². The van der Waals surface area contributed by atoms with E-state index >= 15 is 0 Å². The van der Waals surface area contributed by atoms with Gasteiger partial charge in [-0.25, -0.2) is 4.39 Å². The summed E-state index contributed by atoms with van der Waals surface area (Å²) < 4.78 is 12.2. The van der Waals surface area contributed by atoms with Crippen molar-refractivity contribution in [3.8, 4) is 0 Å². The monoisotopic (exact) mass is 143 g/mol. The molecular formula is C7H5ClF. The summed E-state index contributed by atoms with van der Waals surface area (Å²) in [4.78, 5) is 0. The highest BCUT2D eigenvalue weighted by atomic mass is 35.5. The summed E-state index contributed by atoms with van der Waals surface area (Å²) in [5.74, 6) is -0.411. The van der Waals surface area contributed by atoms with Crippen LogP contribution in [0.25, 0.3) is 0 Å². The molecule has 1 aromatic rings. The van der Waals surface area contributed by atoms with Gasteiger partial charge < -0.3 is 0 Å². The molecule has 0 spiro atoms. The van der Waals surface area contributed by atoms with Crippen LogP contribution in [0.2, 0.25) is 5.02 Å². The average molecular weight is 144 g/mol. The first-order valence-corrected chi connectivity index (χ1v) is 2.92. The number of aryl methyl sites for hydroxylation is 1. The molecule has 2 heteroatoms. The van der Waals surface area contributed by atoms with Crippen molar-refractivity contribution in [3.05, 3.63) is 34.6 Å². The zero-order valence-corrected chi connectivity index (χ0v) is 5.67. The third kappa shape index (κ3) is 1.42. The standard InChI is InChI=1S/C7H5ClF/c1-5-2-3-6(9)4-7(5)8/h2-3H,1H3. The minimum Gasteiger partial charge on any atom is -0.206 e. The molecule has 0 aromatic heterocycles. The second-order valence-corrected chi connectivity index (χ2v) is 2.18. The molecule has 0 saturated heterocycles. The van der Waals surface area contributed by atoms with Crippen molar-refractivity contribution in [3.63, 3.8) is 0 Å². The van der Waals surface area contributed by atoms with Crippen molar-refractivity contribution in [1.29, 1.82) is 0 Å². The Hall–Kier alpha value is -0.560. The minimum absolute atomic E-state index is 0.356. The molecular weight excluding hydrogens is 139 g/mol. The van der Waals surface area contributed by atoms with E-state index in [4.69, 9.17) is 11.6 Å². The van der Waals surface area contributed by atoms with Crippen LogP contribution in [0.4, 0.5) is 4.39 Å². The predicted octanol–water partition coefficient (Wildman–Crippen LogP) is 2.59. The summed E-state index contributed by atoms with van der Waals surface area (Å²) in [6.45, 7) is 1.80. The van der Waals surface area contributed by atoms with E-state index in [1.54, 1.807) is 13.0 Å². The van der Waals surface area contributed by atoms with Gasteiger partial charge in [0, 0.05) is 6.07 Å². The fourth-order valence-corrected chi connectivity index (χ4v) is 0.670. The number of benzene rings is 1. The van der Waals surface area contributed by atoms with E-state index < -0.39 is 5.82 Å². The lowest BCUT2D eigenvalue weighted by Crippen LogP contribution is -1.77. The predicted molar refractivity (Wildman–Crippen MR) is 35.0 cm³/mol. The summed E-state index contributed by atoms with van der Waals surface area (Å²) in [7, 11) is 0. The van der Waals surface area contributed by atoms with Gasteiger partial charge in [-0.15, -0.1) is 0 Å². The molecule has 0 N–H and O–H groups in total. The zero-order valence-electron chi connectivity index (χ0n) is 4.91. The third-order valence-electron chi connectivity index (χ3n) is 1.06. The van der Waals surface area contributed by atoms with E-state index in [1.165, 1.54) is 6.07 Å². The second kappa shape index (κ2) is 2.36. The van der Waals surface area contributed by atoms with Crippen LogP contribution in [0.15, 0.2) is 12.1 Å². The van der Waals surface area contributed by atoms with Crippen LogP contribution < -0.4 is 0 Å². The third-order valence-corrected chi connectivity index (χ3v) is 1.45. The van der Waals surface area contributed by atoms with E-state index in [1.807, 2.05) is 0 Å². The molecule has 9 heavy (non-hydrogen) atoms. The van der Waals surface area contributed by atoms with Crippen LogP contribution >= 0.6 is 11.6 Å². The quantitative estimate of drug-likeness (QED) is 0.524. The van der Waals surface area contributed by atoms with E-state index in [0.29, 0.717) is 5.02 Å². The van der Waals surface area contributed by atoms with Gasteiger partial charge in [0.2, 0.25) is 0 Å². The first-order chi connectivity index (χ1) is 4.20. The van der Waals surface area contributed by atoms with Crippen molar-refractivity contribution in [2.75, 3.05) is 0 Å². The molecule has 1 radical (unpaired) electrons. The lowest BCUT2D eigenvalue weighted by molar-refractivity contribution is 0.625. The molecule has 0 aliphatic carbocycles. The molecule has 0 amide bonds. The molecule has 0 bridgehead atoms. The number of hydrogen-bond donors (Lipinski definition) is 0. The van der Waals surface area contributed by atoms with Gasteiger partial charge in [0.1, 0.15) is 5.82 Å². The Morgan fingerprint density at radius 2 is 2.22 bits per heavy atom. The summed E-state index contributed by atoms with van der Waals surface area (Å²) in [5.41, 5.74) is 0.845. The van der Waals surface area contributed by atoms with E-state index in [2.05, 4.69) is 6.07 Å². The van der Waals surface area contributed by atoms with Gasteiger partial charge in [-0.1, -0.05) is 17.7 Å². The molecule has 0 atom stereocenters. The molecule has 47 valence electrons. The lowest BCUT2D eigenvalue weighted by Gasteiger charge is -1.93. The van der Waals surface area contributed by atoms with Crippen LogP contribution in [0, 0.1) is 18.8 Å². The smallest absolute Gasteiger partial charge is 0.132 e. The maximum absolute atomic E-state index is 12.2. The highest BCUT2D eigenvalue weighted by Crippen LogP contribution is 2.14. The van der Waals surface area contributed by atoms with E-state index in [9.17, 15) is 4.39 Å². The summed E-state index contributed by atoms with van der Waals surface area (Å²) in [6, 6.07) is 5.29. The van der Waals surface area contributed by atoms with Crippen molar-refractivity contribution in [1.82, 2.24) is 0 Å². The Balaban J connectivity index is 3.17. The van der Waals surface area contributed by atoms with Crippen molar-refractivity contribution in [2.45, 2.75) is 6.92 Å². The van der Waals surface area contributed by atoms with Crippen molar-refractivity contribution in [2.24, 2.45) is 0 Å². The Kier molecular flexibility index (Phi) is 1.72. The van der Waals surface area contributed by atoms with Crippen LogP contribution in [0.3, 0.4) is 0 Å². The number of rotatable bonds is 0. The summed E-state index contributed by atoms with van der Waals surface area (Å²) in [5, 5.41) is 0.356. The minimum atomic E-state index is -0.411. The van der Waals surface area contributed by atoms with Gasteiger partial charge in [-0.3, -0.25) is 0 Å². The van der Waals surface area contributed by atoms with Gasteiger partial charge in [-0.2, -0.15) is 0 Å². The largest absolute Gasteiger partial charge is 0.206 e. The number of hydrogen-bond acceptors (Lipinski definition) is 0. The maximum atomic E-state index is 12.2. The van der Waals surface area contributed by atoms with Crippen LogP contribution in [0.5, 0.6) is 0 Å². The fourth-order valence-electron chi connectivity index (χ4n) is 0.516. The Labute approximate surface area is 58.3 Å². The molecule has 0 heterocycles.